The van der Waals surface area contributed by atoms with E-state index in [9.17, 15) is 4.79 Å². The van der Waals surface area contributed by atoms with Crippen LogP contribution in [0.1, 0.15) is 18.1 Å². The maximum atomic E-state index is 12.0. The molecule has 0 spiro atoms. The van der Waals surface area contributed by atoms with Gasteiger partial charge in [-0.05, 0) is 43.2 Å². The summed E-state index contributed by atoms with van der Waals surface area (Å²) in [6.45, 7) is 4.62. The summed E-state index contributed by atoms with van der Waals surface area (Å²) in [7, 11) is 2.03. The highest BCUT2D eigenvalue weighted by Crippen LogP contribution is 2.11. The molecule has 4 nitrogen and oxygen atoms in total. The van der Waals surface area contributed by atoms with Crippen molar-refractivity contribution in [1.82, 2.24) is 5.32 Å². The molecule has 0 fully saturated rings. The van der Waals surface area contributed by atoms with E-state index in [4.69, 9.17) is 4.74 Å². The van der Waals surface area contributed by atoms with E-state index in [-0.39, 0.29) is 5.91 Å². The van der Waals surface area contributed by atoms with Gasteiger partial charge in [-0.15, -0.1) is 0 Å². The molecule has 0 bridgehead atoms. The summed E-state index contributed by atoms with van der Waals surface area (Å²) >= 11 is 0. The number of rotatable bonds is 9. The van der Waals surface area contributed by atoms with Crippen LogP contribution in [0.5, 0.6) is 5.75 Å². The van der Waals surface area contributed by atoms with Crippen LogP contribution in [0.25, 0.3) is 0 Å². The van der Waals surface area contributed by atoms with Gasteiger partial charge in [-0.2, -0.15) is 0 Å². The van der Waals surface area contributed by atoms with E-state index in [1.165, 1.54) is 11.1 Å². The van der Waals surface area contributed by atoms with E-state index in [0.29, 0.717) is 19.7 Å². The topological polar surface area (TPSA) is 42.8 Å². The standard InChI is InChI=1S/C20H26N2O2/c1-3-24-19-11-9-18(10-12-19)15-22(2)16-20(23)21-14-13-17-7-5-4-6-8-17/h4-12H,3,13-16H2,1-2H3,(H,21,23)/p+1. The summed E-state index contributed by atoms with van der Waals surface area (Å²) in [5.74, 6) is 0.979. The van der Waals surface area contributed by atoms with Crippen LogP contribution in [0.15, 0.2) is 54.6 Å². The lowest BCUT2D eigenvalue weighted by atomic mass is 10.1. The molecule has 1 atom stereocenters. The van der Waals surface area contributed by atoms with Crippen molar-refractivity contribution < 1.29 is 14.4 Å². The van der Waals surface area contributed by atoms with Crippen molar-refractivity contribution in [3.63, 3.8) is 0 Å². The molecule has 1 amide bonds. The average Bonchev–Trinajstić information content (AvgIpc) is 2.58. The Bertz CT molecular complexity index is 611. The molecule has 2 rings (SSSR count). The van der Waals surface area contributed by atoms with Crippen LogP contribution in [0.2, 0.25) is 0 Å². The van der Waals surface area contributed by atoms with Crippen molar-refractivity contribution in [1.29, 1.82) is 0 Å². The molecule has 0 aliphatic heterocycles. The summed E-state index contributed by atoms with van der Waals surface area (Å²) in [4.78, 5) is 13.2. The van der Waals surface area contributed by atoms with Gasteiger partial charge in [-0.1, -0.05) is 30.3 Å². The van der Waals surface area contributed by atoms with Crippen LogP contribution in [0.3, 0.4) is 0 Å². The number of nitrogens with one attached hydrogen (secondary N) is 2. The van der Waals surface area contributed by atoms with E-state index in [2.05, 4.69) is 29.6 Å². The first-order valence-electron chi connectivity index (χ1n) is 8.51. The highest BCUT2D eigenvalue weighted by atomic mass is 16.5. The van der Waals surface area contributed by atoms with Gasteiger partial charge >= 0.3 is 0 Å². The van der Waals surface area contributed by atoms with Crippen molar-refractivity contribution in [2.45, 2.75) is 19.9 Å². The van der Waals surface area contributed by atoms with E-state index >= 15 is 0 Å². The summed E-state index contributed by atoms with van der Waals surface area (Å²) in [5.41, 5.74) is 2.45. The molecule has 2 aromatic carbocycles. The SMILES string of the molecule is CCOc1ccc(C[NH+](C)CC(=O)NCCc2ccccc2)cc1. The number of ether oxygens (including phenoxy) is 1. The Hall–Kier alpha value is -2.33. The number of quaternary nitrogens is 1. The van der Waals surface area contributed by atoms with Crippen molar-refractivity contribution in [3.8, 4) is 5.75 Å². The number of amides is 1. The van der Waals surface area contributed by atoms with E-state index < -0.39 is 0 Å². The second-order valence-corrected chi connectivity index (χ2v) is 5.97. The Morgan fingerprint density at radius 3 is 2.42 bits per heavy atom. The van der Waals surface area contributed by atoms with Gasteiger partial charge in [0.1, 0.15) is 12.3 Å². The lowest BCUT2D eigenvalue weighted by molar-refractivity contribution is -0.885. The Morgan fingerprint density at radius 2 is 1.75 bits per heavy atom. The van der Waals surface area contributed by atoms with Gasteiger partial charge in [0.2, 0.25) is 0 Å². The molecular weight excluding hydrogens is 300 g/mol. The number of benzene rings is 2. The zero-order chi connectivity index (χ0) is 17.2. The molecule has 4 heteroatoms. The number of hydrogen-bond acceptors (Lipinski definition) is 2. The number of hydrogen-bond donors (Lipinski definition) is 2. The molecule has 128 valence electrons. The maximum Gasteiger partial charge on any atom is 0.275 e. The molecule has 0 saturated carbocycles. The molecule has 0 aliphatic rings. The molecule has 2 N–H and O–H groups in total. The van der Waals surface area contributed by atoms with Gasteiger partial charge in [-0.25, -0.2) is 0 Å². The van der Waals surface area contributed by atoms with E-state index in [1.54, 1.807) is 0 Å². The second kappa shape index (κ2) is 9.73. The Morgan fingerprint density at radius 1 is 1.04 bits per heavy atom. The molecule has 2 aromatic rings. The predicted molar refractivity (Wildman–Crippen MR) is 96.2 cm³/mol. The molecular formula is C20H27N2O2+. The minimum Gasteiger partial charge on any atom is -0.494 e. The summed E-state index contributed by atoms with van der Waals surface area (Å²) in [5, 5.41) is 2.99. The molecule has 24 heavy (non-hydrogen) atoms. The second-order valence-electron chi connectivity index (χ2n) is 5.97. The Kier molecular flexibility index (Phi) is 7.30. The zero-order valence-electron chi connectivity index (χ0n) is 14.5. The average molecular weight is 327 g/mol. The third kappa shape index (κ3) is 6.42. The normalized spacial score (nSPS) is 11.8. The third-order valence-electron chi connectivity index (χ3n) is 3.78. The van der Waals surface area contributed by atoms with Crippen LogP contribution >= 0.6 is 0 Å². The molecule has 0 aliphatic carbocycles. The zero-order valence-corrected chi connectivity index (χ0v) is 14.5. The first-order valence-corrected chi connectivity index (χ1v) is 8.51. The fourth-order valence-corrected chi connectivity index (χ4v) is 2.61. The molecule has 0 heterocycles. The van der Waals surface area contributed by atoms with Crippen LogP contribution < -0.4 is 15.0 Å². The fourth-order valence-electron chi connectivity index (χ4n) is 2.61. The number of carbonyl (C=O) groups is 1. The summed E-state index contributed by atoms with van der Waals surface area (Å²) in [6.07, 6.45) is 0.866. The Labute approximate surface area is 144 Å². The lowest BCUT2D eigenvalue weighted by Gasteiger charge is -2.14. The highest BCUT2D eigenvalue weighted by molar-refractivity contribution is 5.76. The van der Waals surface area contributed by atoms with Gasteiger partial charge in [-0.3, -0.25) is 4.79 Å². The van der Waals surface area contributed by atoms with E-state index in [0.717, 1.165) is 23.6 Å². The van der Waals surface area contributed by atoms with Gasteiger partial charge in [0.05, 0.1) is 13.7 Å². The van der Waals surface area contributed by atoms with Crippen molar-refractivity contribution in [2.24, 2.45) is 0 Å². The third-order valence-corrected chi connectivity index (χ3v) is 3.78. The predicted octanol–water partition coefficient (Wildman–Crippen LogP) is 1.46. The molecule has 1 unspecified atom stereocenters. The van der Waals surface area contributed by atoms with Crippen LogP contribution in [-0.2, 0) is 17.8 Å². The van der Waals surface area contributed by atoms with E-state index in [1.807, 2.05) is 44.3 Å². The van der Waals surface area contributed by atoms with Crippen LogP contribution in [-0.4, -0.2) is 32.7 Å². The summed E-state index contributed by atoms with van der Waals surface area (Å²) < 4.78 is 5.44. The smallest absolute Gasteiger partial charge is 0.275 e. The first kappa shape index (κ1) is 18.0. The van der Waals surface area contributed by atoms with Crippen LogP contribution in [0.4, 0.5) is 0 Å². The largest absolute Gasteiger partial charge is 0.494 e. The molecule has 0 saturated heterocycles. The summed E-state index contributed by atoms with van der Waals surface area (Å²) in [6, 6.07) is 18.3. The van der Waals surface area contributed by atoms with Crippen molar-refractivity contribution in [2.75, 3.05) is 26.7 Å². The van der Waals surface area contributed by atoms with Crippen molar-refractivity contribution >= 4 is 5.91 Å². The molecule has 0 aromatic heterocycles. The van der Waals surface area contributed by atoms with Crippen molar-refractivity contribution in [3.05, 3.63) is 65.7 Å². The van der Waals surface area contributed by atoms with Gasteiger partial charge < -0.3 is 15.0 Å². The van der Waals surface area contributed by atoms with Gasteiger partial charge in [0, 0.05) is 12.1 Å². The van der Waals surface area contributed by atoms with Gasteiger partial charge in [0.15, 0.2) is 6.54 Å². The minimum absolute atomic E-state index is 0.0920. The highest BCUT2D eigenvalue weighted by Gasteiger charge is 2.10. The number of carbonyl (C=O) groups excluding carboxylic acids is 1. The van der Waals surface area contributed by atoms with Gasteiger partial charge in [0.25, 0.3) is 5.91 Å². The molecule has 0 radical (unpaired) electrons. The number of likely N-dealkylation sites (N-methyl/N-ethyl adjacent to an activating group) is 1. The monoisotopic (exact) mass is 327 g/mol. The minimum atomic E-state index is 0.0920. The Balaban J connectivity index is 1.69. The maximum absolute atomic E-state index is 12.0. The quantitative estimate of drug-likeness (QED) is 0.732. The fraction of sp³-hybridized carbons (Fsp3) is 0.350. The lowest BCUT2D eigenvalue weighted by Crippen LogP contribution is -3.08. The first-order chi connectivity index (χ1) is 11.7. The van der Waals surface area contributed by atoms with Crippen LogP contribution in [0, 0.1) is 0 Å².